The molecule has 0 spiro atoms. The van der Waals surface area contributed by atoms with Crippen LogP contribution in [0.5, 0.6) is 17.2 Å². The fourth-order valence-corrected chi connectivity index (χ4v) is 4.59. The second-order valence-corrected chi connectivity index (χ2v) is 8.16. The quantitative estimate of drug-likeness (QED) is 0.258. The smallest absolute Gasteiger partial charge is 0.519 e. The Kier molecular flexibility index (Phi) is 4.66. The number of ether oxygens (including phenoxy) is 2. The first-order chi connectivity index (χ1) is 15.7. The molecule has 33 heavy (non-hydrogen) atoms. The van der Waals surface area contributed by atoms with E-state index in [0.29, 0.717) is 18.2 Å². The Morgan fingerprint density at radius 2 is 1.76 bits per heavy atom. The molecule has 7 heteroatoms. The van der Waals surface area contributed by atoms with Crippen molar-refractivity contribution in [3.05, 3.63) is 78.1 Å². The molecule has 164 valence electrons. The number of para-hydroxylation sites is 2. The summed E-state index contributed by atoms with van der Waals surface area (Å²) in [7, 11) is 0. The van der Waals surface area contributed by atoms with Crippen molar-refractivity contribution in [1.82, 2.24) is 19.1 Å². The molecule has 7 rings (SSSR count). The van der Waals surface area contributed by atoms with Crippen LogP contribution in [-0.4, -0.2) is 19.1 Å². The maximum atomic E-state index is 6.18. The fourth-order valence-electron chi connectivity index (χ4n) is 4.59. The SMILES string of the molecule is Cc1cn2c(n1)-c1[c-]c(Oc3[c-]c4c(cc3)OCn3c-4nc4ccccc43)ccc1CC2.[Pt+2]. The molecule has 0 unspecified atom stereocenters. The number of imidazole rings is 2. The van der Waals surface area contributed by atoms with Crippen LogP contribution in [0.1, 0.15) is 11.3 Å². The van der Waals surface area contributed by atoms with Gasteiger partial charge >= 0.3 is 21.1 Å². The molecule has 3 aromatic carbocycles. The van der Waals surface area contributed by atoms with Crippen molar-refractivity contribution in [2.75, 3.05) is 0 Å². The Morgan fingerprint density at radius 1 is 0.939 bits per heavy atom. The monoisotopic (exact) mass is 613 g/mol. The van der Waals surface area contributed by atoms with E-state index >= 15 is 0 Å². The summed E-state index contributed by atoms with van der Waals surface area (Å²) < 4.78 is 16.4. The van der Waals surface area contributed by atoms with Crippen LogP contribution in [0.4, 0.5) is 0 Å². The molecule has 4 heterocycles. The van der Waals surface area contributed by atoms with Crippen LogP contribution in [0.2, 0.25) is 0 Å². The third-order valence-corrected chi connectivity index (χ3v) is 6.08. The van der Waals surface area contributed by atoms with Gasteiger partial charge in [-0.1, -0.05) is 35.9 Å². The first-order valence-corrected chi connectivity index (χ1v) is 10.6. The molecule has 0 radical (unpaired) electrons. The van der Waals surface area contributed by atoms with Gasteiger partial charge in [0, 0.05) is 35.7 Å². The van der Waals surface area contributed by atoms with E-state index in [-0.39, 0.29) is 21.1 Å². The number of nitrogens with zero attached hydrogens (tertiary/aromatic N) is 4. The average Bonchev–Trinajstić information content (AvgIpc) is 3.39. The zero-order chi connectivity index (χ0) is 21.2. The zero-order valence-corrected chi connectivity index (χ0v) is 20.0. The summed E-state index contributed by atoms with van der Waals surface area (Å²) in [5, 5.41) is 0. The van der Waals surface area contributed by atoms with E-state index < -0.39 is 0 Å². The van der Waals surface area contributed by atoms with E-state index in [1.807, 2.05) is 49.4 Å². The van der Waals surface area contributed by atoms with Crippen molar-refractivity contribution in [2.24, 2.45) is 0 Å². The molecule has 5 aromatic rings. The number of hydrogen-bond donors (Lipinski definition) is 0. The van der Waals surface area contributed by atoms with Gasteiger partial charge in [0.2, 0.25) is 0 Å². The average molecular weight is 614 g/mol. The van der Waals surface area contributed by atoms with Gasteiger partial charge in [-0.15, -0.1) is 29.3 Å². The van der Waals surface area contributed by atoms with E-state index in [1.54, 1.807) is 0 Å². The van der Waals surface area contributed by atoms with Crippen molar-refractivity contribution < 1.29 is 30.5 Å². The number of aromatic nitrogens is 4. The van der Waals surface area contributed by atoms with Gasteiger partial charge in [0.25, 0.3) is 0 Å². The standard InChI is InChI=1S/C26H18N4O2.Pt/c1-16-14-29-11-10-17-6-7-18(12-20(17)25(29)27-16)32-19-8-9-24-21(13-19)26-28-22-4-2-3-5-23(22)30(26)15-31-24;/h2-9,14H,10-11,15H2,1H3;/q-2;+2. The van der Waals surface area contributed by atoms with E-state index in [1.165, 1.54) is 5.56 Å². The van der Waals surface area contributed by atoms with Gasteiger partial charge in [0.15, 0.2) is 0 Å². The van der Waals surface area contributed by atoms with Crippen molar-refractivity contribution >= 4 is 11.0 Å². The Bertz CT molecular complexity index is 1540. The molecule has 0 amide bonds. The fraction of sp³-hybridized carbons (Fsp3) is 0.154. The first-order valence-electron chi connectivity index (χ1n) is 10.6. The van der Waals surface area contributed by atoms with Crippen LogP contribution in [-0.2, 0) is 40.8 Å². The molecule has 0 fully saturated rings. The number of hydrogen-bond acceptors (Lipinski definition) is 4. The molecule has 0 bridgehead atoms. The van der Waals surface area contributed by atoms with E-state index in [9.17, 15) is 0 Å². The van der Waals surface area contributed by atoms with Crippen molar-refractivity contribution in [1.29, 1.82) is 0 Å². The van der Waals surface area contributed by atoms with E-state index in [2.05, 4.69) is 38.5 Å². The van der Waals surface area contributed by atoms with Gasteiger partial charge in [0.1, 0.15) is 6.73 Å². The zero-order valence-electron chi connectivity index (χ0n) is 17.7. The summed E-state index contributed by atoms with van der Waals surface area (Å²) in [6.07, 6.45) is 3.05. The van der Waals surface area contributed by atoms with Crippen molar-refractivity contribution in [3.8, 4) is 40.0 Å². The normalized spacial score (nSPS) is 13.2. The van der Waals surface area contributed by atoms with Gasteiger partial charge in [0.05, 0.1) is 22.7 Å². The van der Waals surface area contributed by atoms with Gasteiger partial charge in [-0.25, -0.2) is 0 Å². The predicted octanol–water partition coefficient (Wildman–Crippen LogP) is 5.17. The van der Waals surface area contributed by atoms with Crippen LogP contribution < -0.4 is 9.47 Å². The Labute approximate surface area is 205 Å². The third kappa shape index (κ3) is 3.20. The molecule has 0 saturated heterocycles. The minimum Gasteiger partial charge on any atom is -0.519 e. The summed E-state index contributed by atoms with van der Waals surface area (Å²) >= 11 is 0. The van der Waals surface area contributed by atoms with Crippen LogP contribution in [0.25, 0.3) is 33.8 Å². The van der Waals surface area contributed by atoms with Crippen molar-refractivity contribution in [2.45, 2.75) is 26.6 Å². The first kappa shape index (κ1) is 20.3. The minimum atomic E-state index is 0. The largest absolute Gasteiger partial charge is 2.00 e. The molecule has 2 aliphatic heterocycles. The molecule has 0 aliphatic carbocycles. The van der Waals surface area contributed by atoms with Gasteiger partial charge < -0.3 is 18.6 Å². The second-order valence-electron chi connectivity index (χ2n) is 8.16. The molecule has 0 saturated carbocycles. The number of benzene rings is 3. The molecule has 0 N–H and O–H groups in total. The molecular formula is C26H18N4O2Pt. The Balaban J connectivity index is 0.00000206. The molecule has 2 aromatic heterocycles. The molecule has 2 aliphatic rings. The third-order valence-electron chi connectivity index (χ3n) is 6.08. The van der Waals surface area contributed by atoms with Crippen LogP contribution >= 0.6 is 0 Å². The second kappa shape index (κ2) is 7.60. The summed E-state index contributed by atoms with van der Waals surface area (Å²) in [5.74, 6) is 3.78. The maximum Gasteiger partial charge on any atom is 2.00 e. The predicted molar refractivity (Wildman–Crippen MR) is 120 cm³/mol. The minimum absolute atomic E-state index is 0. The number of rotatable bonds is 2. The number of fused-ring (bicyclic) bond motifs is 8. The van der Waals surface area contributed by atoms with Gasteiger partial charge in [-0.05, 0) is 25.5 Å². The molecular weight excluding hydrogens is 595 g/mol. The summed E-state index contributed by atoms with van der Waals surface area (Å²) in [5.41, 5.74) is 6.04. The molecule has 0 atom stereocenters. The van der Waals surface area contributed by atoms with Crippen LogP contribution in [0, 0.1) is 19.1 Å². The van der Waals surface area contributed by atoms with E-state index in [4.69, 9.17) is 14.5 Å². The number of aryl methyl sites for hydroxylation is 3. The van der Waals surface area contributed by atoms with Gasteiger partial charge in [-0.3, -0.25) is 9.97 Å². The topological polar surface area (TPSA) is 54.1 Å². The van der Waals surface area contributed by atoms with Crippen LogP contribution in [0.15, 0.2) is 54.7 Å². The molecule has 6 nitrogen and oxygen atoms in total. The van der Waals surface area contributed by atoms with Crippen LogP contribution in [0.3, 0.4) is 0 Å². The summed E-state index contributed by atoms with van der Waals surface area (Å²) in [6, 6.07) is 22.7. The van der Waals surface area contributed by atoms with Crippen molar-refractivity contribution in [3.63, 3.8) is 0 Å². The summed E-state index contributed by atoms with van der Waals surface area (Å²) in [6.45, 7) is 3.39. The van der Waals surface area contributed by atoms with Gasteiger partial charge in [-0.2, -0.15) is 0 Å². The maximum absolute atomic E-state index is 6.18. The summed E-state index contributed by atoms with van der Waals surface area (Å²) in [4.78, 5) is 9.49. The Hall–Kier alpha value is -3.37. The van der Waals surface area contributed by atoms with E-state index in [0.717, 1.165) is 58.2 Å². The Morgan fingerprint density at radius 3 is 2.67 bits per heavy atom.